The van der Waals surface area contributed by atoms with Crippen molar-refractivity contribution in [3.05, 3.63) is 29.3 Å². The van der Waals surface area contributed by atoms with Gasteiger partial charge >= 0.3 is 6.09 Å². The van der Waals surface area contributed by atoms with Crippen molar-refractivity contribution >= 4 is 11.8 Å². The molecule has 0 aromatic heterocycles. The Morgan fingerprint density at radius 2 is 2.17 bits per heavy atom. The molecule has 2 N–H and O–H groups in total. The van der Waals surface area contributed by atoms with Gasteiger partial charge in [0.1, 0.15) is 5.60 Å². The van der Waals surface area contributed by atoms with Crippen molar-refractivity contribution in [1.82, 2.24) is 5.32 Å². The minimum absolute atomic E-state index is 0.401. The molecule has 1 heterocycles. The number of hydrogen-bond donors (Lipinski definition) is 2. The van der Waals surface area contributed by atoms with Gasteiger partial charge in [0.25, 0.3) is 0 Å². The van der Waals surface area contributed by atoms with Crippen molar-refractivity contribution in [2.45, 2.75) is 39.3 Å². The molecule has 98 valence electrons. The average molecular weight is 248 g/mol. The predicted molar refractivity (Wildman–Crippen MR) is 71.7 cm³/mol. The van der Waals surface area contributed by atoms with Crippen LogP contribution >= 0.6 is 0 Å². The smallest absolute Gasteiger partial charge is 0.412 e. The van der Waals surface area contributed by atoms with Gasteiger partial charge in [0.15, 0.2) is 0 Å². The molecule has 18 heavy (non-hydrogen) atoms. The van der Waals surface area contributed by atoms with Crippen LogP contribution in [0.25, 0.3) is 0 Å². The van der Waals surface area contributed by atoms with Crippen molar-refractivity contribution in [3.63, 3.8) is 0 Å². The number of amides is 1. The fourth-order valence-corrected chi connectivity index (χ4v) is 2.04. The van der Waals surface area contributed by atoms with Crippen LogP contribution in [0.4, 0.5) is 10.5 Å². The molecule has 0 saturated heterocycles. The van der Waals surface area contributed by atoms with Gasteiger partial charge in [-0.3, -0.25) is 5.32 Å². The van der Waals surface area contributed by atoms with Crippen LogP contribution in [-0.4, -0.2) is 18.2 Å². The second-order valence-corrected chi connectivity index (χ2v) is 5.50. The molecular formula is C14H20N2O2. The van der Waals surface area contributed by atoms with E-state index in [1.54, 1.807) is 0 Å². The first kappa shape index (κ1) is 12.9. The lowest BCUT2D eigenvalue weighted by atomic mass is 9.99. The standard InChI is InChI=1S/C14H20N2O2/c1-14(2,3)18-13(17)16-12-6-4-5-10-7-8-15-9-11(10)12/h4-6,15H,7-9H2,1-3H3,(H,16,17). The molecule has 0 atom stereocenters. The average Bonchev–Trinajstić information content (AvgIpc) is 2.27. The molecule has 0 aliphatic carbocycles. The number of benzene rings is 1. The SMILES string of the molecule is CC(C)(C)OC(=O)Nc1cccc2c1CNCC2. The lowest BCUT2D eigenvalue weighted by Crippen LogP contribution is -2.29. The lowest BCUT2D eigenvalue weighted by Gasteiger charge is -2.23. The molecule has 0 fully saturated rings. The van der Waals surface area contributed by atoms with Crippen LogP contribution in [-0.2, 0) is 17.7 Å². The van der Waals surface area contributed by atoms with E-state index in [0.717, 1.165) is 30.8 Å². The van der Waals surface area contributed by atoms with Crippen molar-refractivity contribution < 1.29 is 9.53 Å². The summed E-state index contributed by atoms with van der Waals surface area (Å²) < 4.78 is 5.26. The van der Waals surface area contributed by atoms with E-state index in [2.05, 4.69) is 16.7 Å². The Bertz CT molecular complexity index is 450. The Morgan fingerprint density at radius 3 is 2.89 bits per heavy atom. The van der Waals surface area contributed by atoms with Gasteiger partial charge in [0.2, 0.25) is 0 Å². The van der Waals surface area contributed by atoms with Gasteiger partial charge in [-0.1, -0.05) is 12.1 Å². The van der Waals surface area contributed by atoms with Gasteiger partial charge in [-0.25, -0.2) is 4.79 Å². The second kappa shape index (κ2) is 4.98. The van der Waals surface area contributed by atoms with Crippen molar-refractivity contribution in [2.75, 3.05) is 11.9 Å². The zero-order valence-electron chi connectivity index (χ0n) is 11.2. The summed E-state index contributed by atoms with van der Waals surface area (Å²) in [4.78, 5) is 11.8. The van der Waals surface area contributed by atoms with Gasteiger partial charge in [0.05, 0.1) is 0 Å². The Morgan fingerprint density at radius 1 is 1.39 bits per heavy atom. The fraction of sp³-hybridized carbons (Fsp3) is 0.500. The summed E-state index contributed by atoms with van der Waals surface area (Å²) in [7, 11) is 0. The number of anilines is 1. The van der Waals surface area contributed by atoms with E-state index in [0.29, 0.717) is 0 Å². The van der Waals surface area contributed by atoms with Crippen molar-refractivity contribution in [3.8, 4) is 0 Å². The first-order valence-corrected chi connectivity index (χ1v) is 6.27. The van der Waals surface area contributed by atoms with E-state index >= 15 is 0 Å². The highest BCUT2D eigenvalue weighted by molar-refractivity contribution is 5.86. The molecule has 1 aromatic rings. The van der Waals surface area contributed by atoms with Gasteiger partial charge in [-0.05, 0) is 50.9 Å². The molecule has 0 unspecified atom stereocenters. The summed E-state index contributed by atoms with van der Waals surface area (Å²) in [5, 5.41) is 6.14. The molecule has 2 rings (SSSR count). The van der Waals surface area contributed by atoms with Gasteiger partial charge in [-0.2, -0.15) is 0 Å². The zero-order chi connectivity index (χ0) is 13.2. The summed E-state index contributed by atoms with van der Waals surface area (Å²) in [6, 6.07) is 5.99. The molecule has 4 heteroatoms. The Balaban J connectivity index is 2.12. The normalized spacial score (nSPS) is 14.8. The first-order valence-electron chi connectivity index (χ1n) is 6.27. The van der Waals surface area contributed by atoms with Crippen LogP contribution in [0.3, 0.4) is 0 Å². The number of nitrogens with one attached hydrogen (secondary N) is 2. The number of rotatable bonds is 1. The highest BCUT2D eigenvalue weighted by atomic mass is 16.6. The van der Waals surface area contributed by atoms with E-state index in [9.17, 15) is 4.79 Å². The molecule has 1 aliphatic rings. The topological polar surface area (TPSA) is 50.4 Å². The summed E-state index contributed by atoms with van der Waals surface area (Å²) in [5.41, 5.74) is 2.82. The highest BCUT2D eigenvalue weighted by Crippen LogP contribution is 2.23. The maximum Gasteiger partial charge on any atom is 0.412 e. The summed E-state index contributed by atoms with van der Waals surface area (Å²) >= 11 is 0. The minimum atomic E-state index is -0.475. The van der Waals surface area contributed by atoms with Crippen LogP contribution in [0.2, 0.25) is 0 Å². The molecule has 1 amide bonds. The molecular weight excluding hydrogens is 228 g/mol. The molecule has 1 aliphatic heterocycles. The van der Waals surface area contributed by atoms with E-state index < -0.39 is 11.7 Å². The maximum atomic E-state index is 11.8. The van der Waals surface area contributed by atoms with Gasteiger partial charge < -0.3 is 10.1 Å². The number of ether oxygens (including phenoxy) is 1. The number of carbonyl (C=O) groups excluding carboxylic acids is 1. The van der Waals surface area contributed by atoms with E-state index in [-0.39, 0.29) is 0 Å². The Kier molecular flexibility index (Phi) is 3.57. The summed E-state index contributed by atoms with van der Waals surface area (Å²) in [5.74, 6) is 0. The van der Waals surface area contributed by atoms with Crippen LogP contribution < -0.4 is 10.6 Å². The Hall–Kier alpha value is -1.55. The van der Waals surface area contributed by atoms with E-state index in [4.69, 9.17) is 4.74 Å². The molecule has 4 nitrogen and oxygen atoms in total. The quantitative estimate of drug-likeness (QED) is 0.803. The first-order chi connectivity index (χ1) is 8.46. The van der Waals surface area contributed by atoms with Gasteiger partial charge in [0, 0.05) is 12.2 Å². The van der Waals surface area contributed by atoms with Crippen LogP contribution in [0.5, 0.6) is 0 Å². The van der Waals surface area contributed by atoms with Crippen molar-refractivity contribution in [2.24, 2.45) is 0 Å². The minimum Gasteiger partial charge on any atom is -0.444 e. The fourth-order valence-electron chi connectivity index (χ4n) is 2.04. The molecule has 1 aromatic carbocycles. The van der Waals surface area contributed by atoms with Crippen LogP contribution in [0.1, 0.15) is 31.9 Å². The van der Waals surface area contributed by atoms with Crippen LogP contribution in [0.15, 0.2) is 18.2 Å². The molecule has 0 radical (unpaired) electrons. The summed E-state index contributed by atoms with van der Waals surface area (Å²) in [6.07, 6.45) is 0.598. The highest BCUT2D eigenvalue weighted by Gasteiger charge is 2.18. The maximum absolute atomic E-state index is 11.8. The Labute approximate surface area is 108 Å². The predicted octanol–water partition coefficient (Wildman–Crippen LogP) is 2.68. The second-order valence-electron chi connectivity index (χ2n) is 5.50. The number of fused-ring (bicyclic) bond motifs is 1. The molecule has 0 spiro atoms. The van der Waals surface area contributed by atoms with E-state index in [1.165, 1.54) is 5.56 Å². The molecule has 0 bridgehead atoms. The lowest BCUT2D eigenvalue weighted by molar-refractivity contribution is 0.0636. The van der Waals surface area contributed by atoms with Crippen molar-refractivity contribution in [1.29, 1.82) is 0 Å². The summed E-state index contributed by atoms with van der Waals surface area (Å²) in [6.45, 7) is 7.35. The molecule has 0 saturated carbocycles. The van der Waals surface area contributed by atoms with Gasteiger partial charge in [-0.15, -0.1) is 0 Å². The largest absolute Gasteiger partial charge is 0.444 e. The van der Waals surface area contributed by atoms with Crippen LogP contribution in [0, 0.1) is 0 Å². The third-order valence-corrected chi connectivity index (χ3v) is 2.78. The third kappa shape index (κ3) is 3.23. The third-order valence-electron chi connectivity index (χ3n) is 2.78. The monoisotopic (exact) mass is 248 g/mol. The zero-order valence-corrected chi connectivity index (χ0v) is 11.2. The number of carbonyl (C=O) groups is 1. The van der Waals surface area contributed by atoms with E-state index in [1.807, 2.05) is 32.9 Å². The number of hydrogen-bond acceptors (Lipinski definition) is 3.